The van der Waals surface area contributed by atoms with Gasteiger partial charge >= 0.3 is 5.97 Å². The summed E-state index contributed by atoms with van der Waals surface area (Å²) < 4.78 is 9.11. The summed E-state index contributed by atoms with van der Waals surface area (Å²) in [5, 5.41) is 6.61. The van der Waals surface area contributed by atoms with Crippen LogP contribution in [0.1, 0.15) is 12.7 Å². The molecule has 0 amide bonds. The number of nitrogens with one attached hydrogen (secondary N) is 1. The summed E-state index contributed by atoms with van der Waals surface area (Å²) in [7, 11) is 1.36. The fourth-order valence-corrected chi connectivity index (χ4v) is 0.963. The van der Waals surface area contributed by atoms with E-state index in [2.05, 4.69) is 24.7 Å². The average Bonchev–Trinajstić information content (AvgIpc) is 2.69. The van der Waals surface area contributed by atoms with Crippen molar-refractivity contribution < 1.29 is 14.1 Å². The highest BCUT2D eigenvalue weighted by Gasteiger charge is 2.11. The van der Waals surface area contributed by atoms with Crippen molar-refractivity contribution >= 4 is 5.97 Å². The second-order valence-corrected chi connectivity index (χ2v) is 2.80. The number of nitrogens with zero attached hydrogens (tertiary/aromatic N) is 2. The van der Waals surface area contributed by atoms with Crippen molar-refractivity contribution in [3.05, 3.63) is 12.2 Å². The van der Waals surface area contributed by atoms with Crippen LogP contribution in [0.25, 0.3) is 0 Å². The van der Waals surface area contributed by atoms with Crippen LogP contribution in [-0.4, -0.2) is 35.8 Å². The predicted octanol–water partition coefficient (Wildman–Crippen LogP) is -0.237. The number of carbonyl (C=O) groups is 1. The molecule has 0 saturated heterocycles. The maximum absolute atomic E-state index is 11.0. The molecule has 1 aromatic heterocycles. The number of esters is 1. The second-order valence-electron chi connectivity index (χ2n) is 2.80. The molecular weight excluding hydrogens is 186 g/mol. The summed E-state index contributed by atoms with van der Waals surface area (Å²) in [6, 6.07) is -0.313. The Morgan fingerprint density at radius 3 is 3.14 bits per heavy atom. The third-order valence-corrected chi connectivity index (χ3v) is 1.76. The summed E-state index contributed by atoms with van der Waals surface area (Å²) in [6.45, 7) is 2.35. The van der Waals surface area contributed by atoms with Gasteiger partial charge in [-0.25, -0.2) is 0 Å². The van der Waals surface area contributed by atoms with Crippen molar-refractivity contribution in [1.29, 1.82) is 0 Å². The lowest BCUT2D eigenvalue weighted by Crippen LogP contribution is -2.36. The molecule has 0 aromatic carbocycles. The van der Waals surface area contributed by atoms with Gasteiger partial charge in [0.25, 0.3) is 0 Å². The summed E-state index contributed by atoms with van der Waals surface area (Å²) in [5.74, 6) is 0.340. The molecule has 6 nitrogen and oxygen atoms in total. The van der Waals surface area contributed by atoms with Gasteiger partial charge in [-0.3, -0.25) is 4.79 Å². The van der Waals surface area contributed by atoms with Gasteiger partial charge in [0, 0.05) is 13.0 Å². The van der Waals surface area contributed by atoms with E-state index in [1.807, 2.05) is 0 Å². The SMILES string of the molecule is COC(=O)C(C)NCCc1ncon1. The Bertz CT molecular complexity index is 273. The van der Waals surface area contributed by atoms with Crippen LogP contribution in [0.3, 0.4) is 0 Å². The van der Waals surface area contributed by atoms with E-state index in [4.69, 9.17) is 0 Å². The molecule has 0 spiro atoms. The first-order valence-corrected chi connectivity index (χ1v) is 4.30. The Hall–Kier alpha value is -1.43. The Morgan fingerprint density at radius 2 is 2.57 bits per heavy atom. The van der Waals surface area contributed by atoms with Crippen molar-refractivity contribution in [2.24, 2.45) is 0 Å². The lowest BCUT2D eigenvalue weighted by Gasteiger charge is -2.09. The normalized spacial score (nSPS) is 12.4. The molecule has 1 N–H and O–H groups in total. The maximum Gasteiger partial charge on any atom is 0.322 e. The third-order valence-electron chi connectivity index (χ3n) is 1.76. The van der Waals surface area contributed by atoms with Gasteiger partial charge in [-0.15, -0.1) is 0 Å². The largest absolute Gasteiger partial charge is 0.468 e. The summed E-state index contributed by atoms with van der Waals surface area (Å²) in [6.07, 6.45) is 1.90. The number of aromatic nitrogens is 2. The smallest absolute Gasteiger partial charge is 0.322 e. The van der Waals surface area contributed by atoms with Crippen LogP contribution < -0.4 is 5.32 Å². The van der Waals surface area contributed by atoms with Crippen molar-refractivity contribution in [2.45, 2.75) is 19.4 Å². The van der Waals surface area contributed by atoms with Gasteiger partial charge in [-0.05, 0) is 6.92 Å². The van der Waals surface area contributed by atoms with Gasteiger partial charge in [0.1, 0.15) is 6.04 Å². The third kappa shape index (κ3) is 3.14. The van der Waals surface area contributed by atoms with E-state index in [0.29, 0.717) is 18.8 Å². The fraction of sp³-hybridized carbons (Fsp3) is 0.625. The topological polar surface area (TPSA) is 77.2 Å². The van der Waals surface area contributed by atoms with Crippen molar-refractivity contribution in [1.82, 2.24) is 15.5 Å². The Morgan fingerprint density at radius 1 is 1.79 bits per heavy atom. The number of hydrogen-bond donors (Lipinski definition) is 1. The molecule has 1 rings (SSSR count). The number of hydrogen-bond acceptors (Lipinski definition) is 6. The highest BCUT2D eigenvalue weighted by molar-refractivity contribution is 5.74. The number of carbonyl (C=O) groups excluding carboxylic acids is 1. The number of rotatable bonds is 5. The first-order valence-electron chi connectivity index (χ1n) is 4.30. The second kappa shape index (κ2) is 5.33. The molecule has 1 atom stereocenters. The molecule has 0 aliphatic rings. The van der Waals surface area contributed by atoms with Gasteiger partial charge < -0.3 is 14.6 Å². The van der Waals surface area contributed by atoms with Crippen molar-refractivity contribution in [3.8, 4) is 0 Å². The van der Waals surface area contributed by atoms with Crippen LogP contribution >= 0.6 is 0 Å². The minimum atomic E-state index is -0.313. The van der Waals surface area contributed by atoms with E-state index < -0.39 is 0 Å². The number of methoxy groups -OCH3 is 1. The molecule has 1 heterocycles. The molecule has 0 aliphatic carbocycles. The zero-order valence-electron chi connectivity index (χ0n) is 8.19. The van der Waals surface area contributed by atoms with E-state index in [1.54, 1.807) is 6.92 Å². The maximum atomic E-state index is 11.0. The van der Waals surface area contributed by atoms with Crippen molar-refractivity contribution in [3.63, 3.8) is 0 Å². The summed E-state index contributed by atoms with van der Waals surface area (Å²) in [5.41, 5.74) is 0. The summed E-state index contributed by atoms with van der Waals surface area (Å²) >= 11 is 0. The van der Waals surface area contributed by atoms with Gasteiger partial charge in [-0.1, -0.05) is 5.16 Å². The van der Waals surface area contributed by atoms with Crippen LogP contribution in [-0.2, 0) is 16.0 Å². The molecule has 0 fully saturated rings. The predicted molar refractivity (Wildman–Crippen MR) is 47.5 cm³/mol. The lowest BCUT2D eigenvalue weighted by atomic mass is 10.3. The fourth-order valence-electron chi connectivity index (χ4n) is 0.963. The molecule has 0 aliphatic heterocycles. The van der Waals surface area contributed by atoms with Gasteiger partial charge in [0.2, 0.25) is 6.39 Å². The Labute approximate surface area is 81.6 Å². The van der Waals surface area contributed by atoms with E-state index in [1.165, 1.54) is 13.5 Å². The van der Waals surface area contributed by atoms with Gasteiger partial charge in [0.05, 0.1) is 7.11 Å². The molecule has 6 heteroatoms. The molecule has 0 saturated carbocycles. The van der Waals surface area contributed by atoms with Gasteiger partial charge in [0.15, 0.2) is 5.82 Å². The highest BCUT2D eigenvalue weighted by Crippen LogP contribution is 1.90. The van der Waals surface area contributed by atoms with E-state index in [9.17, 15) is 4.79 Å². The monoisotopic (exact) mass is 199 g/mol. The first kappa shape index (κ1) is 10.6. The molecule has 1 aromatic rings. The van der Waals surface area contributed by atoms with Crippen LogP contribution in [0, 0.1) is 0 Å². The molecule has 78 valence electrons. The van der Waals surface area contributed by atoms with Crippen LogP contribution in [0.4, 0.5) is 0 Å². The van der Waals surface area contributed by atoms with Gasteiger partial charge in [-0.2, -0.15) is 4.98 Å². The molecule has 0 bridgehead atoms. The lowest BCUT2D eigenvalue weighted by molar-refractivity contribution is -0.142. The minimum Gasteiger partial charge on any atom is -0.468 e. The standard InChI is InChI=1S/C8H13N3O3/c1-6(8(12)13-2)9-4-3-7-10-5-14-11-7/h5-6,9H,3-4H2,1-2H3. The zero-order chi connectivity index (χ0) is 10.4. The number of ether oxygens (including phenoxy) is 1. The molecule has 0 radical (unpaired) electrons. The molecular formula is C8H13N3O3. The van der Waals surface area contributed by atoms with E-state index in [-0.39, 0.29) is 12.0 Å². The van der Waals surface area contributed by atoms with Crippen LogP contribution in [0.5, 0.6) is 0 Å². The van der Waals surface area contributed by atoms with Crippen LogP contribution in [0.15, 0.2) is 10.9 Å². The molecule has 1 unspecified atom stereocenters. The first-order chi connectivity index (χ1) is 6.74. The minimum absolute atomic E-state index is 0.280. The zero-order valence-corrected chi connectivity index (χ0v) is 8.19. The van der Waals surface area contributed by atoms with E-state index in [0.717, 1.165) is 0 Å². The average molecular weight is 199 g/mol. The van der Waals surface area contributed by atoms with Crippen molar-refractivity contribution in [2.75, 3.05) is 13.7 Å². The quantitative estimate of drug-likeness (QED) is 0.660. The Balaban J connectivity index is 2.18. The molecule has 14 heavy (non-hydrogen) atoms. The highest BCUT2D eigenvalue weighted by atomic mass is 16.5. The summed E-state index contributed by atoms with van der Waals surface area (Å²) in [4.78, 5) is 14.8. The van der Waals surface area contributed by atoms with E-state index >= 15 is 0 Å². The Kier molecular flexibility index (Phi) is 4.06. The van der Waals surface area contributed by atoms with Crippen LogP contribution in [0.2, 0.25) is 0 Å².